The van der Waals surface area contributed by atoms with Crippen molar-refractivity contribution < 1.29 is 19.4 Å². The van der Waals surface area contributed by atoms with Crippen molar-refractivity contribution in [2.45, 2.75) is 38.8 Å². The molecule has 1 aromatic heterocycles. The highest BCUT2D eigenvalue weighted by atomic mass is 16.5. The number of nitrogens with zero attached hydrogens (tertiary/aromatic N) is 3. The van der Waals surface area contributed by atoms with E-state index in [0.29, 0.717) is 36.7 Å². The minimum atomic E-state index is -0.672. The van der Waals surface area contributed by atoms with E-state index in [1.165, 1.54) is 0 Å². The highest BCUT2D eigenvalue weighted by Crippen LogP contribution is 2.40. The van der Waals surface area contributed by atoms with E-state index in [9.17, 15) is 14.7 Å². The Morgan fingerprint density at radius 1 is 1.06 bits per heavy atom. The number of amides is 1. The highest BCUT2D eigenvalue weighted by Gasteiger charge is 2.45. The van der Waals surface area contributed by atoms with Crippen molar-refractivity contribution in [3.63, 3.8) is 0 Å². The number of likely N-dealkylation sites (tertiary alicyclic amines) is 1. The van der Waals surface area contributed by atoms with Gasteiger partial charge in [0.15, 0.2) is 0 Å². The fourth-order valence-corrected chi connectivity index (χ4v) is 4.27. The quantitative estimate of drug-likeness (QED) is 0.304. The molecule has 0 spiro atoms. The van der Waals surface area contributed by atoms with Crippen molar-refractivity contribution in [2.75, 3.05) is 13.7 Å². The lowest BCUT2D eigenvalue weighted by atomic mass is 9.93. The van der Waals surface area contributed by atoms with Gasteiger partial charge in [-0.3, -0.25) is 9.59 Å². The van der Waals surface area contributed by atoms with E-state index >= 15 is 0 Å². The van der Waals surface area contributed by atoms with Crippen LogP contribution < -0.4 is 4.74 Å². The number of carbonyl (C=O) groups is 2. The molecule has 0 bridgehead atoms. The molecule has 34 heavy (non-hydrogen) atoms. The van der Waals surface area contributed by atoms with E-state index in [0.717, 1.165) is 11.1 Å². The highest BCUT2D eigenvalue weighted by molar-refractivity contribution is 6.46. The molecule has 4 rings (SSSR count). The van der Waals surface area contributed by atoms with Gasteiger partial charge >= 0.3 is 0 Å². The predicted molar refractivity (Wildman–Crippen MR) is 129 cm³/mol. The van der Waals surface area contributed by atoms with Crippen LogP contribution in [0.4, 0.5) is 0 Å². The van der Waals surface area contributed by atoms with Crippen molar-refractivity contribution in [3.05, 3.63) is 89.5 Å². The van der Waals surface area contributed by atoms with Crippen LogP contribution in [-0.2, 0) is 16.1 Å². The molecule has 1 aliphatic rings. The minimum Gasteiger partial charge on any atom is -0.507 e. The molecule has 0 saturated carbocycles. The number of ketones is 1. The van der Waals surface area contributed by atoms with Crippen molar-refractivity contribution in [1.82, 2.24) is 14.5 Å². The molecule has 2 aromatic carbocycles. The van der Waals surface area contributed by atoms with E-state index < -0.39 is 17.7 Å². The fraction of sp³-hybridized carbons (Fsp3) is 0.296. The molecular weight excluding hydrogens is 430 g/mol. The van der Waals surface area contributed by atoms with Crippen LogP contribution in [0.3, 0.4) is 0 Å². The van der Waals surface area contributed by atoms with Gasteiger partial charge in [0.1, 0.15) is 11.5 Å². The summed E-state index contributed by atoms with van der Waals surface area (Å²) >= 11 is 0. The van der Waals surface area contributed by atoms with Gasteiger partial charge < -0.3 is 19.3 Å². The monoisotopic (exact) mass is 459 g/mol. The zero-order chi connectivity index (χ0) is 24.2. The van der Waals surface area contributed by atoms with Crippen molar-refractivity contribution in [2.24, 2.45) is 0 Å². The smallest absolute Gasteiger partial charge is 0.295 e. The predicted octanol–water partition coefficient (Wildman–Crippen LogP) is 4.53. The first-order valence-corrected chi connectivity index (χ1v) is 11.4. The van der Waals surface area contributed by atoms with Crippen LogP contribution in [0.2, 0.25) is 0 Å². The first-order chi connectivity index (χ1) is 16.4. The number of Topliss-reactive ketones (excluding diaryl/α,β-unsaturated/α-hetero) is 1. The molecule has 7 heteroatoms. The Balaban J connectivity index is 1.72. The third-order valence-electron chi connectivity index (χ3n) is 6.20. The van der Waals surface area contributed by atoms with Gasteiger partial charge in [-0.25, -0.2) is 4.98 Å². The number of aliphatic hydroxyl groups excluding tert-OH is 1. The van der Waals surface area contributed by atoms with Crippen LogP contribution in [0.15, 0.2) is 72.8 Å². The summed E-state index contributed by atoms with van der Waals surface area (Å²) in [7, 11) is 1.56. The van der Waals surface area contributed by atoms with Gasteiger partial charge in [-0.15, -0.1) is 0 Å². The number of benzene rings is 2. The summed E-state index contributed by atoms with van der Waals surface area (Å²) in [5.74, 6) is -0.462. The molecule has 2 heterocycles. The van der Waals surface area contributed by atoms with Crippen molar-refractivity contribution >= 4 is 17.4 Å². The number of rotatable bonds is 8. The second-order valence-electron chi connectivity index (χ2n) is 8.70. The van der Waals surface area contributed by atoms with Gasteiger partial charge in [0.05, 0.1) is 25.1 Å². The third-order valence-corrected chi connectivity index (χ3v) is 6.20. The number of hydrogen-bond acceptors (Lipinski definition) is 5. The number of imidazole rings is 1. The Hall–Kier alpha value is -3.87. The molecule has 176 valence electrons. The van der Waals surface area contributed by atoms with Crippen LogP contribution in [0, 0.1) is 0 Å². The summed E-state index contributed by atoms with van der Waals surface area (Å²) in [4.78, 5) is 31.9. The van der Waals surface area contributed by atoms with Crippen LogP contribution in [0.5, 0.6) is 5.75 Å². The number of carbonyl (C=O) groups excluding carboxylic acids is 2. The van der Waals surface area contributed by atoms with Crippen LogP contribution in [0.1, 0.15) is 48.9 Å². The van der Waals surface area contributed by atoms with Gasteiger partial charge in [0, 0.05) is 31.0 Å². The van der Waals surface area contributed by atoms with Gasteiger partial charge in [0.25, 0.3) is 11.7 Å². The van der Waals surface area contributed by atoms with E-state index in [1.54, 1.807) is 48.8 Å². The number of ether oxygens (including phenoxy) is 1. The maximum atomic E-state index is 13.2. The second-order valence-corrected chi connectivity index (χ2v) is 8.70. The van der Waals surface area contributed by atoms with Crippen molar-refractivity contribution in [1.29, 1.82) is 0 Å². The first kappa shape index (κ1) is 23.3. The standard InChI is InChI=1S/C27H29N3O4/c1-18(2)19-5-7-20(8-6-19)24-23(25(31)21-9-11-22(34-3)12-10-21)26(32)27(33)30(24)15-4-14-29-16-13-28-17-29/h5-13,16-18,24,31H,4,14-15H2,1-3H3/b25-23+. The largest absolute Gasteiger partial charge is 0.507 e. The SMILES string of the molecule is COc1ccc(/C(O)=C2\C(=O)C(=O)N(CCCn3ccnc3)C2c2ccc(C(C)C)cc2)cc1. The number of hydrogen-bond donors (Lipinski definition) is 1. The van der Waals surface area contributed by atoms with E-state index in [4.69, 9.17) is 4.74 Å². The van der Waals surface area contributed by atoms with E-state index in [1.807, 2.05) is 35.0 Å². The Morgan fingerprint density at radius 3 is 2.35 bits per heavy atom. The molecule has 0 aliphatic carbocycles. The molecule has 3 aromatic rings. The van der Waals surface area contributed by atoms with Gasteiger partial charge in [-0.1, -0.05) is 38.1 Å². The zero-order valence-electron chi connectivity index (χ0n) is 19.6. The average Bonchev–Trinajstić information content (AvgIpc) is 3.46. The lowest BCUT2D eigenvalue weighted by Crippen LogP contribution is -2.31. The number of methoxy groups -OCH3 is 1. The molecular formula is C27H29N3O4. The third kappa shape index (κ3) is 4.59. The second kappa shape index (κ2) is 9.95. The summed E-state index contributed by atoms with van der Waals surface area (Å²) in [6.07, 6.45) is 5.93. The van der Waals surface area contributed by atoms with Gasteiger partial charge in [0.2, 0.25) is 0 Å². The summed E-state index contributed by atoms with van der Waals surface area (Å²) < 4.78 is 7.12. The minimum absolute atomic E-state index is 0.107. The maximum absolute atomic E-state index is 13.2. The molecule has 0 radical (unpaired) electrons. The van der Waals surface area contributed by atoms with Crippen molar-refractivity contribution in [3.8, 4) is 5.75 Å². The molecule has 1 fully saturated rings. The van der Waals surface area contributed by atoms with Gasteiger partial charge in [-0.2, -0.15) is 0 Å². The Kier molecular flexibility index (Phi) is 6.82. The normalized spacial score (nSPS) is 17.5. The molecule has 1 unspecified atom stereocenters. The maximum Gasteiger partial charge on any atom is 0.295 e. The zero-order valence-corrected chi connectivity index (χ0v) is 19.6. The van der Waals surface area contributed by atoms with E-state index in [-0.39, 0.29) is 11.3 Å². The summed E-state index contributed by atoms with van der Waals surface area (Å²) in [5.41, 5.74) is 2.52. The van der Waals surface area contributed by atoms with Crippen LogP contribution in [-0.4, -0.2) is 44.9 Å². The summed E-state index contributed by atoms with van der Waals surface area (Å²) in [6, 6.07) is 14.0. The number of aryl methyl sites for hydroxylation is 1. The summed E-state index contributed by atoms with van der Waals surface area (Å²) in [6.45, 7) is 5.26. The molecule has 1 saturated heterocycles. The lowest BCUT2D eigenvalue weighted by Gasteiger charge is -2.26. The Bertz CT molecular complexity index is 1180. The lowest BCUT2D eigenvalue weighted by molar-refractivity contribution is -0.139. The number of aliphatic hydroxyl groups is 1. The molecule has 1 amide bonds. The molecule has 1 aliphatic heterocycles. The summed E-state index contributed by atoms with van der Waals surface area (Å²) in [5, 5.41) is 11.2. The van der Waals surface area contributed by atoms with Crippen LogP contribution >= 0.6 is 0 Å². The fourth-order valence-electron chi connectivity index (χ4n) is 4.27. The van der Waals surface area contributed by atoms with Gasteiger partial charge in [-0.05, 0) is 47.7 Å². The topological polar surface area (TPSA) is 84.7 Å². The molecule has 7 nitrogen and oxygen atoms in total. The molecule has 1 atom stereocenters. The average molecular weight is 460 g/mol. The Morgan fingerprint density at radius 2 is 1.76 bits per heavy atom. The molecule has 1 N–H and O–H groups in total. The van der Waals surface area contributed by atoms with Crippen LogP contribution in [0.25, 0.3) is 5.76 Å². The Labute approximate surface area is 199 Å². The van der Waals surface area contributed by atoms with E-state index in [2.05, 4.69) is 18.8 Å². The number of aromatic nitrogens is 2. The first-order valence-electron chi connectivity index (χ1n) is 11.4.